The monoisotopic (exact) mass is 290 g/mol. The van der Waals surface area contributed by atoms with Crippen LogP contribution in [0.4, 0.5) is 13.2 Å². The smallest absolute Gasteiger partial charge is 0.341 e. The summed E-state index contributed by atoms with van der Waals surface area (Å²) in [6, 6.07) is 4.65. The number of hydrogen-bond acceptors (Lipinski definition) is 2. The molecule has 8 heteroatoms. The van der Waals surface area contributed by atoms with Crippen molar-refractivity contribution in [2.75, 3.05) is 0 Å². The summed E-state index contributed by atoms with van der Waals surface area (Å²) in [5.41, 5.74) is -1.51. The lowest BCUT2D eigenvalue weighted by atomic mass is 10.2. The Morgan fingerprint density at radius 2 is 1.89 bits per heavy atom. The maximum absolute atomic E-state index is 12.8. The molecule has 0 fully saturated rings. The van der Waals surface area contributed by atoms with Gasteiger partial charge in [0.1, 0.15) is 22.2 Å². The molecule has 2 rings (SSSR count). The zero-order chi connectivity index (χ0) is 14.2. The van der Waals surface area contributed by atoms with Crippen LogP contribution in [-0.4, -0.2) is 20.9 Å². The summed E-state index contributed by atoms with van der Waals surface area (Å²) < 4.78 is 39.0. The van der Waals surface area contributed by atoms with Gasteiger partial charge in [0.15, 0.2) is 0 Å². The van der Waals surface area contributed by atoms with Crippen LogP contribution in [0.15, 0.2) is 24.3 Å². The zero-order valence-electron chi connectivity index (χ0n) is 9.15. The van der Waals surface area contributed by atoms with Gasteiger partial charge in [-0.15, -0.1) is 0 Å². The Morgan fingerprint density at radius 3 is 2.32 bits per heavy atom. The van der Waals surface area contributed by atoms with Gasteiger partial charge in [-0.25, -0.2) is 22.6 Å². The van der Waals surface area contributed by atoms with E-state index in [1.165, 1.54) is 12.1 Å². The van der Waals surface area contributed by atoms with E-state index in [-0.39, 0.29) is 5.69 Å². The highest BCUT2D eigenvalue weighted by atomic mass is 35.5. The molecule has 0 aliphatic rings. The van der Waals surface area contributed by atoms with Crippen LogP contribution in [0, 0.1) is 5.82 Å². The van der Waals surface area contributed by atoms with Crippen molar-refractivity contribution in [3.05, 3.63) is 46.5 Å². The van der Waals surface area contributed by atoms with E-state index in [1.807, 2.05) is 0 Å². The first kappa shape index (κ1) is 13.4. The molecule has 1 aromatic heterocycles. The maximum atomic E-state index is 12.8. The fraction of sp³-hybridized carbons (Fsp3) is 0.0909. The molecule has 0 aliphatic heterocycles. The Kier molecular flexibility index (Phi) is 3.48. The molecule has 4 nitrogen and oxygen atoms in total. The third kappa shape index (κ3) is 2.41. The second-order valence-electron chi connectivity index (χ2n) is 3.55. The molecule has 0 radical (unpaired) electrons. The Bertz CT molecular complexity index is 626. The highest BCUT2D eigenvalue weighted by Crippen LogP contribution is 2.29. The lowest BCUT2D eigenvalue weighted by Crippen LogP contribution is -2.00. The normalized spacial score (nSPS) is 11.0. The van der Waals surface area contributed by atoms with E-state index in [0.717, 1.165) is 16.8 Å². The summed E-state index contributed by atoms with van der Waals surface area (Å²) in [4.78, 5) is 10.9. The Hall–Kier alpha value is -2.02. The largest absolute Gasteiger partial charge is 0.478 e. The topological polar surface area (TPSA) is 55.1 Å². The van der Waals surface area contributed by atoms with Gasteiger partial charge in [0.05, 0.1) is 5.69 Å². The van der Waals surface area contributed by atoms with Crippen molar-refractivity contribution in [2.24, 2.45) is 0 Å². The molecule has 0 aliphatic carbocycles. The summed E-state index contributed by atoms with van der Waals surface area (Å²) in [7, 11) is 0. The number of carboxylic acids is 1. The van der Waals surface area contributed by atoms with Gasteiger partial charge in [0, 0.05) is 0 Å². The molecule has 0 bridgehead atoms. The summed E-state index contributed by atoms with van der Waals surface area (Å²) in [5, 5.41) is 11.9. The molecule has 0 atom stereocenters. The number of aromatic nitrogens is 2. The second kappa shape index (κ2) is 4.93. The molecule has 0 saturated heterocycles. The van der Waals surface area contributed by atoms with Crippen molar-refractivity contribution >= 4 is 17.6 Å². The number of alkyl halides is 2. The SMILES string of the molecule is O=C(O)c1c(C(F)F)nn(-c2ccc(F)cc2)c1Cl. The van der Waals surface area contributed by atoms with Crippen LogP contribution in [-0.2, 0) is 0 Å². The van der Waals surface area contributed by atoms with E-state index < -0.39 is 34.6 Å². The zero-order valence-corrected chi connectivity index (χ0v) is 9.90. The summed E-state index contributed by atoms with van der Waals surface area (Å²) in [6.07, 6.45) is -3.08. The van der Waals surface area contributed by atoms with Gasteiger partial charge < -0.3 is 5.11 Å². The molecule has 0 saturated carbocycles. The second-order valence-corrected chi connectivity index (χ2v) is 3.90. The number of hydrogen-bond donors (Lipinski definition) is 1. The number of rotatable bonds is 3. The Morgan fingerprint density at radius 1 is 1.32 bits per heavy atom. The van der Waals surface area contributed by atoms with Gasteiger partial charge >= 0.3 is 5.97 Å². The average Bonchev–Trinajstić information content (AvgIpc) is 2.68. The fourth-order valence-electron chi connectivity index (χ4n) is 1.52. The minimum Gasteiger partial charge on any atom is -0.478 e. The van der Waals surface area contributed by atoms with Crippen molar-refractivity contribution in [3.63, 3.8) is 0 Å². The van der Waals surface area contributed by atoms with Gasteiger partial charge in [0.2, 0.25) is 0 Å². The molecule has 0 unspecified atom stereocenters. The van der Waals surface area contributed by atoms with Crippen molar-refractivity contribution in [1.82, 2.24) is 9.78 Å². The molecule has 19 heavy (non-hydrogen) atoms. The molecule has 1 aromatic carbocycles. The van der Waals surface area contributed by atoms with Crippen LogP contribution in [0.5, 0.6) is 0 Å². The van der Waals surface area contributed by atoms with Gasteiger partial charge in [0.25, 0.3) is 6.43 Å². The van der Waals surface area contributed by atoms with Crippen LogP contribution in [0.3, 0.4) is 0 Å². The van der Waals surface area contributed by atoms with E-state index in [1.54, 1.807) is 0 Å². The lowest BCUT2D eigenvalue weighted by molar-refractivity contribution is 0.0684. The fourth-order valence-corrected chi connectivity index (χ4v) is 1.83. The van der Waals surface area contributed by atoms with Crippen LogP contribution >= 0.6 is 11.6 Å². The Balaban J connectivity index is 2.62. The third-order valence-corrected chi connectivity index (χ3v) is 2.70. The van der Waals surface area contributed by atoms with E-state index >= 15 is 0 Å². The highest BCUT2D eigenvalue weighted by molar-refractivity contribution is 6.33. The molecular weight excluding hydrogens is 285 g/mol. The minimum absolute atomic E-state index is 0.181. The van der Waals surface area contributed by atoms with Gasteiger partial charge in [-0.1, -0.05) is 11.6 Å². The van der Waals surface area contributed by atoms with E-state index in [2.05, 4.69) is 5.10 Å². The van der Waals surface area contributed by atoms with E-state index in [4.69, 9.17) is 16.7 Å². The van der Waals surface area contributed by atoms with Crippen LogP contribution in [0.2, 0.25) is 5.15 Å². The molecule has 1 N–H and O–H groups in total. The van der Waals surface area contributed by atoms with Crippen molar-refractivity contribution < 1.29 is 23.1 Å². The number of aromatic carboxylic acids is 1. The number of carboxylic acid groups (broad SMARTS) is 1. The number of benzene rings is 1. The quantitative estimate of drug-likeness (QED) is 0.943. The number of carbonyl (C=O) groups is 1. The summed E-state index contributed by atoms with van der Waals surface area (Å²) >= 11 is 5.74. The number of nitrogens with zero attached hydrogens (tertiary/aromatic N) is 2. The van der Waals surface area contributed by atoms with Gasteiger partial charge in [-0.05, 0) is 24.3 Å². The predicted octanol–water partition coefficient (Wildman–Crippen LogP) is 3.30. The summed E-state index contributed by atoms with van der Waals surface area (Å²) in [6.45, 7) is 0. The molecular formula is C11H6ClF3N2O2. The van der Waals surface area contributed by atoms with Gasteiger partial charge in [-0.2, -0.15) is 5.10 Å². The predicted molar refractivity (Wildman–Crippen MR) is 60.4 cm³/mol. The third-order valence-electron chi connectivity index (χ3n) is 2.35. The van der Waals surface area contributed by atoms with Crippen molar-refractivity contribution in [2.45, 2.75) is 6.43 Å². The first-order chi connectivity index (χ1) is 8.91. The first-order valence-electron chi connectivity index (χ1n) is 4.97. The van der Waals surface area contributed by atoms with E-state index in [9.17, 15) is 18.0 Å². The minimum atomic E-state index is -3.08. The molecule has 1 heterocycles. The highest BCUT2D eigenvalue weighted by Gasteiger charge is 2.28. The molecule has 100 valence electrons. The standard InChI is InChI=1S/C11H6ClF3N2O2/c12-9-7(11(18)19)8(10(14)15)16-17(9)6-3-1-5(13)2-4-6/h1-4,10H,(H,18,19). The average molecular weight is 291 g/mol. The van der Waals surface area contributed by atoms with Crippen molar-refractivity contribution in [3.8, 4) is 5.69 Å². The Labute approximate surface area is 110 Å². The summed E-state index contributed by atoms with van der Waals surface area (Å²) in [5.74, 6) is -2.13. The van der Waals surface area contributed by atoms with Crippen LogP contribution < -0.4 is 0 Å². The van der Waals surface area contributed by atoms with E-state index in [0.29, 0.717) is 0 Å². The van der Waals surface area contributed by atoms with Crippen LogP contribution in [0.1, 0.15) is 22.5 Å². The van der Waals surface area contributed by atoms with Gasteiger partial charge in [-0.3, -0.25) is 0 Å². The molecule has 0 spiro atoms. The lowest BCUT2D eigenvalue weighted by Gasteiger charge is -2.02. The maximum Gasteiger partial charge on any atom is 0.341 e. The van der Waals surface area contributed by atoms with Crippen molar-refractivity contribution in [1.29, 1.82) is 0 Å². The number of halogens is 4. The first-order valence-corrected chi connectivity index (χ1v) is 5.35. The molecule has 0 amide bonds. The van der Waals surface area contributed by atoms with Crippen LogP contribution in [0.25, 0.3) is 5.69 Å². The molecule has 2 aromatic rings.